The second-order valence-corrected chi connectivity index (χ2v) is 5.02. The number of hydrogen-bond donors (Lipinski definition) is 1. The molecule has 66 valence electrons. The van der Waals surface area contributed by atoms with Crippen molar-refractivity contribution in [2.45, 2.75) is 37.9 Å². The first-order chi connectivity index (χ1) is 4.96. The summed E-state index contributed by atoms with van der Waals surface area (Å²) in [5.41, 5.74) is 3.96. The minimum Gasteiger partial charge on any atom is -0.323 e. The van der Waals surface area contributed by atoms with E-state index in [0.717, 1.165) is 11.5 Å². The highest BCUT2D eigenvalue weighted by Gasteiger charge is 2.43. The molecule has 11 heavy (non-hydrogen) atoms. The summed E-state index contributed by atoms with van der Waals surface area (Å²) in [5.74, 6) is 1.83. The fourth-order valence-electron chi connectivity index (χ4n) is 1.34. The molecule has 0 aromatic carbocycles. The lowest BCUT2D eigenvalue weighted by atomic mass is 9.81. The zero-order chi connectivity index (χ0) is 8.54. The Morgan fingerprint density at radius 2 is 1.82 bits per heavy atom. The van der Waals surface area contributed by atoms with Gasteiger partial charge in [0.2, 0.25) is 0 Å². The molecule has 3 heteroatoms. The van der Waals surface area contributed by atoms with Crippen LogP contribution in [-0.2, 0) is 0 Å². The summed E-state index contributed by atoms with van der Waals surface area (Å²) in [4.78, 5) is 0. The molecule has 0 radical (unpaired) electrons. The lowest BCUT2D eigenvalue weighted by Gasteiger charge is -2.40. The van der Waals surface area contributed by atoms with Gasteiger partial charge in [0.25, 0.3) is 0 Å². The van der Waals surface area contributed by atoms with E-state index in [9.17, 15) is 4.39 Å². The SMILES string of the molecule is CC(C)(N)C1(F)CCSCC1. The summed E-state index contributed by atoms with van der Waals surface area (Å²) >= 11 is 1.82. The summed E-state index contributed by atoms with van der Waals surface area (Å²) in [7, 11) is 0. The van der Waals surface area contributed by atoms with Crippen LogP contribution >= 0.6 is 11.8 Å². The van der Waals surface area contributed by atoms with Crippen LogP contribution in [0.2, 0.25) is 0 Å². The van der Waals surface area contributed by atoms with Gasteiger partial charge in [-0.3, -0.25) is 0 Å². The van der Waals surface area contributed by atoms with Gasteiger partial charge in [-0.05, 0) is 38.2 Å². The molecule has 0 spiro atoms. The maximum Gasteiger partial charge on any atom is 0.129 e. The van der Waals surface area contributed by atoms with Gasteiger partial charge in [0.15, 0.2) is 0 Å². The topological polar surface area (TPSA) is 26.0 Å². The molecule has 1 fully saturated rings. The van der Waals surface area contributed by atoms with Crippen molar-refractivity contribution in [3.8, 4) is 0 Å². The Bertz CT molecular complexity index is 136. The predicted molar refractivity (Wildman–Crippen MR) is 48.7 cm³/mol. The first-order valence-electron chi connectivity index (χ1n) is 4.01. The number of rotatable bonds is 1. The Hall–Kier alpha value is 0.240. The smallest absolute Gasteiger partial charge is 0.129 e. The zero-order valence-electron chi connectivity index (χ0n) is 7.19. The number of nitrogens with two attached hydrogens (primary N) is 1. The molecule has 0 amide bonds. The fourth-order valence-corrected chi connectivity index (χ4v) is 2.48. The van der Waals surface area contributed by atoms with Gasteiger partial charge in [0.1, 0.15) is 5.67 Å². The van der Waals surface area contributed by atoms with Gasteiger partial charge in [-0.25, -0.2) is 4.39 Å². The molecule has 1 nitrogen and oxygen atoms in total. The van der Waals surface area contributed by atoms with Crippen LogP contribution in [0.15, 0.2) is 0 Å². The van der Waals surface area contributed by atoms with Crippen LogP contribution in [0.3, 0.4) is 0 Å². The van der Waals surface area contributed by atoms with Crippen LogP contribution in [0, 0.1) is 0 Å². The van der Waals surface area contributed by atoms with E-state index in [1.54, 1.807) is 13.8 Å². The number of thioether (sulfide) groups is 1. The second kappa shape index (κ2) is 2.94. The molecule has 1 aliphatic rings. The third kappa shape index (κ3) is 1.88. The van der Waals surface area contributed by atoms with Crippen molar-refractivity contribution < 1.29 is 4.39 Å². The molecule has 0 saturated carbocycles. The highest BCUT2D eigenvalue weighted by molar-refractivity contribution is 7.99. The molecule has 1 rings (SSSR count). The summed E-state index contributed by atoms with van der Waals surface area (Å²) in [6.07, 6.45) is 1.22. The van der Waals surface area contributed by atoms with E-state index in [2.05, 4.69) is 0 Å². The molecule has 0 aromatic rings. The Balaban J connectivity index is 2.64. The molecule has 1 heterocycles. The van der Waals surface area contributed by atoms with Crippen molar-refractivity contribution in [1.82, 2.24) is 0 Å². The minimum absolute atomic E-state index is 0.612. The molecule has 0 aromatic heterocycles. The Kier molecular flexibility index (Phi) is 2.49. The molecule has 0 aliphatic carbocycles. The Labute approximate surface area is 71.9 Å². The van der Waals surface area contributed by atoms with E-state index >= 15 is 0 Å². The summed E-state index contributed by atoms with van der Waals surface area (Å²) in [6, 6.07) is 0. The van der Waals surface area contributed by atoms with E-state index in [0.29, 0.717) is 12.8 Å². The zero-order valence-corrected chi connectivity index (χ0v) is 8.01. The lowest BCUT2D eigenvalue weighted by molar-refractivity contribution is 0.0663. The molecular formula is C8H16FNS. The van der Waals surface area contributed by atoms with E-state index in [-0.39, 0.29) is 0 Å². The van der Waals surface area contributed by atoms with Gasteiger partial charge in [0, 0.05) is 5.54 Å². The standard InChI is InChI=1S/C8H16FNS/c1-7(2,10)8(9)3-5-11-6-4-8/h3-6,10H2,1-2H3. The number of hydrogen-bond acceptors (Lipinski definition) is 2. The highest BCUT2D eigenvalue weighted by Crippen LogP contribution is 2.37. The van der Waals surface area contributed by atoms with Crippen LogP contribution in [0.1, 0.15) is 26.7 Å². The van der Waals surface area contributed by atoms with Crippen LogP contribution in [0.25, 0.3) is 0 Å². The minimum atomic E-state index is -1.13. The molecule has 0 atom stereocenters. The van der Waals surface area contributed by atoms with E-state index < -0.39 is 11.2 Å². The number of alkyl halides is 1. The number of halogens is 1. The summed E-state index contributed by atoms with van der Waals surface area (Å²) < 4.78 is 13.9. The van der Waals surface area contributed by atoms with Crippen LogP contribution < -0.4 is 5.73 Å². The Morgan fingerprint density at radius 3 is 2.09 bits per heavy atom. The first kappa shape index (κ1) is 9.33. The molecule has 1 aliphatic heterocycles. The highest BCUT2D eigenvalue weighted by atomic mass is 32.2. The molecule has 0 unspecified atom stereocenters. The summed E-state index contributed by atoms with van der Waals surface area (Å²) in [5, 5.41) is 0. The van der Waals surface area contributed by atoms with Crippen LogP contribution in [-0.4, -0.2) is 22.7 Å². The van der Waals surface area contributed by atoms with Crippen LogP contribution in [0.4, 0.5) is 4.39 Å². The average Bonchev–Trinajstić information content (AvgIpc) is 1.87. The van der Waals surface area contributed by atoms with Crippen molar-refractivity contribution in [3.63, 3.8) is 0 Å². The Morgan fingerprint density at radius 1 is 1.36 bits per heavy atom. The maximum absolute atomic E-state index is 13.9. The molecule has 0 bridgehead atoms. The molecule has 2 N–H and O–H groups in total. The van der Waals surface area contributed by atoms with E-state index in [1.807, 2.05) is 11.8 Å². The van der Waals surface area contributed by atoms with Crippen molar-refractivity contribution in [2.75, 3.05) is 11.5 Å². The third-order valence-corrected chi connectivity index (χ3v) is 3.43. The van der Waals surface area contributed by atoms with Gasteiger partial charge in [-0.15, -0.1) is 0 Å². The van der Waals surface area contributed by atoms with Gasteiger partial charge < -0.3 is 5.73 Å². The molecular weight excluding hydrogens is 161 g/mol. The molecule has 1 saturated heterocycles. The summed E-state index contributed by atoms with van der Waals surface area (Å²) in [6.45, 7) is 3.56. The monoisotopic (exact) mass is 177 g/mol. The lowest BCUT2D eigenvalue weighted by Crippen LogP contribution is -2.55. The van der Waals surface area contributed by atoms with E-state index in [1.165, 1.54) is 0 Å². The van der Waals surface area contributed by atoms with Crippen molar-refractivity contribution in [3.05, 3.63) is 0 Å². The van der Waals surface area contributed by atoms with Gasteiger partial charge >= 0.3 is 0 Å². The van der Waals surface area contributed by atoms with Crippen LogP contribution in [0.5, 0.6) is 0 Å². The average molecular weight is 177 g/mol. The predicted octanol–water partition coefficient (Wildman–Crippen LogP) is 1.96. The second-order valence-electron chi connectivity index (χ2n) is 3.80. The van der Waals surface area contributed by atoms with Crippen molar-refractivity contribution in [1.29, 1.82) is 0 Å². The van der Waals surface area contributed by atoms with Gasteiger partial charge in [0.05, 0.1) is 0 Å². The van der Waals surface area contributed by atoms with Crippen molar-refractivity contribution >= 4 is 11.8 Å². The van der Waals surface area contributed by atoms with Crippen molar-refractivity contribution in [2.24, 2.45) is 5.73 Å². The van der Waals surface area contributed by atoms with Gasteiger partial charge in [-0.1, -0.05) is 0 Å². The third-order valence-electron chi connectivity index (χ3n) is 2.44. The largest absolute Gasteiger partial charge is 0.323 e. The maximum atomic E-state index is 13.9. The van der Waals surface area contributed by atoms with E-state index in [4.69, 9.17) is 5.73 Å². The van der Waals surface area contributed by atoms with Gasteiger partial charge in [-0.2, -0.15) is 11.8 Å². The normalized spacial score (nSPS) is 25.1. The fraction of sp³-hybridized carbons (Fsp3) is 1.00. The first-order valence-corrected chi connectivity index (χ1v) is 5.17. The quantitative estimate of drug-likeness (QED) is 0.662.